The van der Waals surface area contributed by atoms with Crippen LogP contribution in [0, 0.1) is 5.41 Å². The number of benzene rings is 1. The zero-order valence-electron chi connectivity index (χ0n) is 20.5. The van der Waals surface area contributed by atoms with Gasteiger partial charge >= 0.3 is 6.03 Å². The summed E-state index contributed by atoms with van der Waals surface area (Å²) in [7, 11) is 2.16. The summed E-state index contributed by atoms with van der Waals surface area (Å²) < 4.78 is 0. The molecule has 3 aliphatic heterocycles. The standard InChI is InChI=1S/C27H31N7O/c1-26(2,23-8-11-28-18-30-23)31-25(35)33-12-9-27(17-33)10-13-34-24(27)15-22(32(34)3)20-14-19-6-4-5-7-21(19)29-16-20/h4-8,11,14-16,18,22H,9-10,12-13,17H2,1-3H3,(H,31,35). The Morgan fingerprint density at radius 2 is 1.97 bits per heavy atom. The van der Waals surface area contributed by atoms with Crippen LogP contribution in [-0.4, -0.2) is 62.6 Å². The van der Waals surface area contributed by atoms with Crippen LogP contribution >= 0.6 is 0 Å². The summed E-state index contributed by atoms with van der Waals surface area (Å²) in [5.41, 5.74) is 3.80. The third kappa shape index (κ3) is 3.63. The molecule has 2 aromatic heterocycles. The molecule has 1 aromatic carbocycles. The van der Waals surface area contributed by atoms with E-state index in [9.17, 15) is 4.79 Å². The molecule has 0 saturated carbocycles. The summed E-state index contributed by atoms with van der Waals surface area (Å²) in [5.74, 6) is 0. The first kappa shape index (κ1) is 22.0. The lowest BCUT2D eigenvalue weighted by atomic mass is 9.82. The molecule has 35 heavy (non-hydrogen) atoms. The van der Waals surface area contributed by atoms with Gasteiger partial charge in [-0.25, -0.2) is 19.8 Å². The molecule has 0 radical (unpaired) electrons. The molecule has 2 fully saturated rings. The molecule has 3 aliphatic rings. The number of hydrazine groups is 1. The van der Waals surface area contributed by atoms with Crippen LogP contribution in [0.2, 0.25) is 0 Å². The number of urea groups is 1. The van der Waals surface area contributed by atoms with E-state index in [2.05, 4.69) is 56.6 Å². The van der Waals surface area contributed by atoms with Crippen molar-refractivity contribution in [3.05, 3.63) is 78.1 Å². The Morgan fingerprint density at radius 3 is 2.80 bits per heavy atom. The lowest BCUT2D eigenvalue weighted by molar-refractivity contribution is 0.0474. The fourth-order valence-corrected chi connectivity index (χ4v) is 5.93. The lowest BCUT2D eigenvalue weighted by Gasteiger charge is -2.31. The second kappa shape index (κ2) is 8.02. The number of hydrogen-bond acceptors (Lipinski definition) is 6. The van der Waals surface area contributed by atoms with Crippen molar-refractivity contribution in [3.8, 4) is 0 Å². The summed E-state index contributed by atoms with van der Waals surface area (Å²) in [4.78, 5) is 28.3. The van der Waals surface area contributed by atoms with Crippen molar-refractivity contribution in [2.45, 2.75) is 38.3 Å². The monoisotopic (exact) mass is 469 g/mol. The van der Waals surface area contributed by atoms with Gasteiger partial charge in [0.15, 0.2) is 0 Å². The third-order valence-corrected chi connectivity index (χ3v) is 7.96. The minimum atomic E-state index is -0.571. The Bertz CT molecular complexity index is 1310. The number of carbonyl (C=O) groups excluding carboxylic acids is 1. The summed E-state index contributed by atoms with van der Waals surface area (Å²) in [6.07, 6.45) is 9.66. The second-order valence-corrected chi connectivity index (χ2v) is 10.5. The smallest absolute Gasteiger partial charge is 0.318 e. The molecule has 6 rings (SSSR count). The number of carbonyl (C=O) groups is 1. The predicted molar refractivity (Wildman–Crippen MR) is 134 cm³/mol. The van der Waals surface area contributed by atoms with Gasteiger partial charge in [0.25, 0.3) is 0 Å². The van der Waals surface area contributed by atoms with Gasteiger partial charge in [-0.1, -0.05) is 18.2 Å². The van der Waals surface area contributed by atoms with E-state index in [1.807, 2.05) is 43.1 Å². The van der Waals surface area contributed by atoms with Gasteiger partial charge in [0.05, 0.1) is 22.8 Å². The normalized spacial score (nSPS) is 24.3. The summed E-state index contributed by atoms with van der Waals surface area (Å²) in [6.45, 7) is 6.42. The van der Waals surface area contributed by atoms with Crippen molar-refractivity contribution in [1.82, 2.24) is 35.2 Å². The predicted octanol–water partition coefficient (Wildman–Crippen LogP) is 3.85. The molecule has 2 atom stereocenters. The van der Waals surface area contributed by atoms with Gasteiger partial charge in [0.2, 0.25) is 0 Å². The van der Waals surface area contributed by atoms with Crippen LogP contribution in [0.5, 0.6) is 0 Å². The van der Waals surface area contributed by atoms with E-state index in [-0.39, 0.29) is 17.5 Å². The fraction of sp³-hybridized carbons (Fsp3) is 0.407. The number of pyridine rings is 1. The van der Waals surface area contributed by atoms with Crippen molar-refractivity contribution >= 4 is 16.9 Å². The van der Waals surface area contributed by atoms with Crippen LogP contribution in [0.3, 0.4) is 0 Å². The molecule has 2 unspecified atom stereocenters. The molecule has 1 spiro atoms. The maximum Gasteiger partial charge on any atom is 0.318 e. The number of likely N-dealkylation sites (N-methyl/N-ethyl adjacent to an activating group) is 1. The molecule has 0 aliphatic carbocycles. The number of aromatic nitrogens is 3. The minimum Gasteiger partial charge on any atom is -0.327 e. The van der Waals surface area contributed by atoms with E-state index >= 15 is 0 Å². The van der Waals surface area contributed by atoms with Gasteiger partial charge < -0.3 is 15.2 Å². The molecule has 5 heterocycles. The van der Waals surface area contributed by atoms with E-state index < -0.39 is 5.54 Å². The van der Waals surface area contributed by atoms with Crippen molar-refractivity contribution in [3.63, 3.8) is 0 Å². The van der Waals surface area contributed by atoms with Gasteiger partial charge in [-0.3, -0.25) is 4.98 Å². The third-order valence-electron chi connectivity index (χ3n) is 7.96. The highest BCUT2D eigenvalue weighted by atomic mass is 16.2. The Morgan fingerprint density at radius 1 is 1.14 bits per heavy atom. The van der Waals surface area contributed by atoms with E-state index in [1.54, 1.807) is 6.20 Å². The topological polar surface area (TPSA) is 77.5 Å². The van der Waals surface area contributed by atoms with Crippen LogP contribution in [0.1, 0.15) is 44.0 Å². The fourth-order valence-electron chi connectivity index (χ4n) is 5.93. The SMILES string of the molecule is CN1C(c2cnc3ccccc3c2)C=C2N1CCC21CCN(C(=O)NC(C)(C)c2ccncn2)C1. The first-order chi connectivity index (χ1) is 16.9. The van der Waals surface area contributed by atoms with Gasteiger partial charge in [-0.15, -0.1) is 0 Å². The van der Waals surface area contributed by atoms with Gasteiger partial charge in [-0.2, -0.15) is 0 Å². The van der Waals surface area contributed by atoms with Crippen molar-refractivity contribution in [1.29, 1.82) is 0 Å². The maximum atomic E-state index is 13.3. The van der Waals surface area contributed by atoms with Crippen LogP contribution < -0.4 is 5.32 Å². The molecule has 2 amide bonds. The summed E-state index contributed by atoms with van der Waals surface area (Å²) in [6, 6.07) is 12.5. The average Bonchev–Trinajstić information content (AvgIpc) is 3.55. The number of nitrogens with zero attached hydrogens (tertiary/aromatic N) is 6. The summed E-state index contributed by atoms with van der Waals surface area (Å²) >= 11 is 0. The highest BCUT2D eigenvalue weighted by Crippen LogP contribution is 2.52. The quantitative estimate of drug-likeness (QED) is 0.628. The molecule has 180 valence electrons. The minimum absolute atomic E-state index is 0.00366. The maximum absolute atomic E-state index is 13.3. The largest absolute Gasteiger partial charge is 0.327 e. The zero-order valence-corrected chi connectivity index (χ0v) is 20.5. The second-order valence-electron chi connectivity index (χ2n) is 10.5. The first-order valence-corrected chi connectivity index (χ1v) is 12.3. The Kier molecular flexibility index (Phi) is 5.03. The number of nitrogens with one attached hydrogen (secondary N) is 1. The lowest BCUT2D eigenvalue weighted by Crippen LogP contribution is -2.48. The van der Waals surface area contributed by atoms with Crippen molar-refractivity contribution < 1.29 is 4.79 Å². The van der Waals surface area contributed by atoms with E-state index in [0.717, 1.165) is 49.1 Å². The van der Waals surface area contributed by atoms with E-state index in [4.69, 9.17) is 4.98 Å². The molecule has 2 saturated heterocycles. The van der Waals surface area contributed by atoms with E-state index in [0.29, 0.717) is 0 Å². The van der Waals surface area contributed by atoms with Crippen LogP contribution in [-0.2, 0) is 5.54 Å². The van der Waals surface area contributed by atoms with Crippen LogP contribution in [0.4, 0.5) is 4.79 Å². The first-order valence-electron chi connectivity index (χ1n) is 12.3. The number of fused-ring (bicyclic) bond motifs is 3. The van der Waals surface area contributed by atoms with Gasteiger partial charge in [0, 0.05) is 55.6 Å². The molecule has 0 bridgehead atoms. The van der Waals surface area contributed by atoms with Gasteiger partial charge in [-0.05, 0) is 56.5 Å². The number of amides is 2. The van der Waals surface area contributed by atoms with Crippen molar-refractivity contribution in [2.75, 3.05) is 26.7 Å². The Hall–Kier alpha value is -3.52. The van der Waals surface area contributed by atoms with Crippen LogP contribution in [0.15, 0.2) is 66.9 Å². The molecule has 1 N–H and O–H groups in total. The summed E-state index contributed by atoms with van der Waals surface area (Å²) in [5, 5.41) is 9.09. The number of hydrogen-bond donors (Lipinski definition) is 1. The van der Waals surface area contributed by atoms with Crippen molar-refractivity contribution in [2.24, 2.45) is 5.41 Å². The zero-order chi connectivity index (χ0) is 24.2. The molecule has 8 nitrogen and oxygen atoms in total. The highest BCUT2D eigenvalue weighted by molar-refractivity contribution is 5.79. The molecule has 8 heteroatoms. The molecule has 3 aromatic rings. The number of likely N-dealkylation sites (tertiary alicyclic amines) is 1. The van der Waals surface area contributed by atoms with Gasteiger partial charge in [0.1, 0.15) is 6.33 Å². The highest BCUT2D eigenvalue weighted by Gasteiger charge is 2.52. The Balaban J connectivity index is 1.22. The number of para-hydroxylation sites is 1. The molecular formula is C27H31N7O. The van der Waals surface area contributed by atoms with E-state index in [1.165, 1.54) is 17.6 Å². The van der Waals surface area contributed by atoms with Crippen LogP contribution in [0.25, 0.3) is 10.9 Å². The number of rotatable bonds is 3. The molecular weight excluding hydrogens is 438 g/mol. The Labute approximate surface area is 205 Å². The average molecular weight is 470 g/mol.